The van der Waals surface area contributed by atoms with Crippen LogP contribution in [0.4, 0.5) is 0 Å². The van der Waals surface area contributed by atoms with Gasteiger partial charge in [-0.15, -0.1) is 0 Å². The Labute approximate surface area is 96.8 Å². The van der Waals surface area contributed by atoms with Crippen LogP contribution >= 0.6 is 22.6 Å². The summed E-state index contributed by atoms with van der Waals surface area (Å²) in [5.74, 6) is -0.0782. The summed E-state index contributed by atoms with van der Waals surface area (Å²) >= 11 is 2.28. The molecule has 1 fully saturated rings. The second kappa shape index (κ2) is 3.88. The van der Waals surface area contributed by atoms with Crippen LogP contribution in [0, 0.1) is 0 Å². The molecule has 0 spiro atoms. The molecule has 1 aliphatic rings. The lowest BCUT2D eigenvalue weighted by Crippen LogP contribution is -2.27. The molecule has 0 radical (unpaired) electrons. The van der Waals surface area contributed by atoms with Gasteiger partial charge in [0.1, 0.15) is 5.60 Å². The number of hydrogen-bond donors (Lipinski definition) is 0. The van der Waals surface area contributed by atoms with Crippen molar-refractivity contribution in [3.63, 3.8) is 0 Å². The summed E-state index contributed by atoms with van der Waals surface area (Å²) < 4.78 is 6.26. The van der Waals surface area contributed by atoms with E-state index < -0.39 is 0 Å². The fourth-order valence-electron chi connectivity index (χ4n) is 1.74. The van der Waals surface area contributed by atoms with Gasteiger partial charge in [0, 0.05) is 17.3 Å². The number of rotatable bonds is 2. The van der Waals surface area contributed by atoms with E-state index in [-0.39, 0.29) is 11.6 Å². The average molecular weight is 302 g/mol. The quantitative estimate of drug-likeness (QED) is 0.477. The van der Waals surface area contributed by atoms with Gasteiger partial charge in [-0.25, -0.2) is 0 Å². The Bertz CT molecular complexity index is 336. The van der Waals surface area contributed by atoms with Crippen LogP contribution in [0.2, 0.25) is 0 Å². The standard InChI is InChI=1S/C11H11IO2/c12-8-11(7-6-10(13)14-11)9-4-2-1-3-5-9/h1-5H,6-8H2. The SMILES string of the molecule is O=C1CCC(CI)(c2ccccc2)O1. The number of esters is 1. The first-order valence-electron chi connectivity index (χ1n) is 4.60. The van der Waals surface area contributed by atoms with Crippen LogP contribution in [0.1, 0.15) is 18.4 Å². The Balaban J connectivity index is 2.34. The highest BCUT2D eigenvalue weighted by Gasteiger charge is 2.40. The minimum absolute atomic E-state index is 0.0782. The first kappa shape index (κ1) is 9.96. The molecule has 0 N–H and O–H groups in total. The minimum atomic E-state index is -0.362. The van der Waals surface area contributed by atoms with Gasteiger partial charge in [-0.3, -0.25) is 4.79 Å². The number of benzene rings is 1. The van der Waals surface area contributed by atoms with Crippen LogP contribution in [-0.4, -0.2) is 10.4 Å². The Hall–Kier alpha value is -0.580. The second-order valence-electron chi connectivity index (χ2n) is 3.47. The maximum Gasteiger partial charge on any atom is 0.306 e. The van der Waals surface area contributed by atoms with E-state index in [1.54, 1.807) is 0 Å². The normalized spacial score (nSPS) is 26.2. The van der Waals surface area contributed by atoms with Crippen LogP contribution in [0.25, 0.3) is 0 Å². The van der Waals surface area contributed by atoms with Crippen molar-refractivity contribution in [3.8, 4) is 0 Å². The number of cyclic esters (lactones) is 1. The molecule has 0 amide bonds. The van der Waals surface area contributed by atoms with Crippen molar-refractivity contribution in [1.82, 2.24) is 0 Å². The predicted molar refractivity (Wildman–Crippen MR) is 62.3 cm³/mol. The van der Waals surface area contributed by atoms with Crippen LogP contribution < -0.4 is 0 Å². The Morgan fingerprint density at radius 3 is 2.57 bits per heavy atom. The van der Waals surface area contributed by atoms with Crippen molar-refractivity contribution < 1.29 is 9.53 Å². The third-order valence-electron chi connectivity index (χ3n) is 2.56. The largest absolute Gasteiger partial charge is 0.453 e. The van der Waals surface area contributed by atoms with Crippen molar-refractivity contribution in [2.75, 3.05) is 4.43 Å². The van der Waals surface area contributed by atoms with Gasteiger partial charge in [0.15, 0.2) is 0 Å². The number of carbonyl (C=O) groups excluding carboxylic acids is 1. The molecule has 0 aliphatic carbocycles. The zero-order valence-corrected chi connectivity index (χ0v) is 9.86. The van der Waals surface area contributed by atoms with E-state index in [1.165, 1.54) is 0 Å². The predicted octanol–water partition coefficient (Wildman–Crippen LogP) is 2.65. The summed E-state index contributed by atoms with van der Waals surface area (Å²) in [5, 5.41) is 0. The molecule has 14 heavy (non-hydrogen) atoms. The van der Waals surface area contributed by atoms with Crippen LogP contribution in [0.3, 0.4) is 0 Å². The molecule has 2 nitrogen and oxygen atoms in total. The Kier molecular flexibility index (Phi) is 2.76. The van der Waals surface area contributed by atoms with E-state index in [1.807, 2.05) is 30.3 Å². The lowest BCUT2D eigenvalue weighted by Gasteiger charge is -2.25. The third kappa shape index (κ3) is 1.65. The summed E-state index contributed by atoms with van der Waals surface area (Å²) in [6.45, 7) is 0. The Morgan fingerprint density at radius 1 is 1.36 bits per heavy atom. The van der Waals surface area contributed by atoms with Crippen LogP contribution in [-0.2, 0) is 15.1 Å². The van der Waals surface area contributed by atoms with Crippen molar-refractivity contribution in [1.29, 1.82) is 0 Å². The van der Waals surface area contributed by atoms with E-state index in [2.05, 4.69) is 22.6 Å². The van der Waals surface area contributed by atoms with Gasteiger partial charge in [-0.1, -0.05) is 52.9 Å². The zero-order chi connectivity index (χ0) is 10.0. The topological polar surface area (TPSA) is 26.3 Å². The lowest BCUT2D eigenvalue weighted by atomic mass is 9.93. The van der Waals surface area contributed by atoms with E-state index in [0.717, 1.165) is 16.4 Å². The van der Waals surface area contributed by atoms with Gasteiger partial charge < -0.3 is 4.74 Å². The van der Waals surface area contributed by atoms with Gasteiger partial charge in [-0.2, -0.15) is 0 Å². The fourth-order valence-corrected chi connectivity index (χ4v) is 2.72. The van der Waals surface area contributed by atoms with E-state index in [9.17, 15) is 4.79 Å². The maximum absolute atomic E-state index is 11.2. The fraction of sp³-hybridized carbons (Fsp3) is 0.364. The summed E-state index contributed by atoms with van der Waals surface area (Å²) in [6.07, 6.45) is 1.34. The lowest BCUT2D eigenvalue weighted by molar-refractivity contribution is -0.147. The van der Waals surface area contributed by atoms with Crippen molar-refractivity contribution in [3.05, 3.63) is 35.9 Å². The first-order valence-corrected chi connectivity index (χ1v) is 6.13. The number of hydrogen-bond acceptors (Lipinski definition) is 2. The molecule has 3 heteroatoms. The summed E-state index contributed by atoms with van der Waals surface area (Å²) in [7, 11) is 0. The molecule has 0 aromatic heterocycles. The number of ether oxygens (including phenoxy) is 1. The van der Waals surface area contributed by atoms with Gasteiger partial charge in [-0.05, 0) is 5.56 Å². The molecule has 1 saturated heterocycles. The monoisotopic (exact) mass is 302 g/mol. The summed E-state index contributed by atoms with van der Waals surface area (Å²) in [5.41, 5.74) is 0.749. The van der Waals surface area contributed by atoms with E-state index in [4.69, 9.17) is 4.74 Å². The zero-order valence-electron chi connectivity index (χ0n) is 7.70. The Morgan fingerprint density at radius 2 is 2.07 bits per heavy atom. The van der Waals surface area contributed by atoms with Crippen molar-refractivity contribution in [2.45, 2.75) is 18.4 Å². The molecule has 0 bridgehead atoms. The van der Waals surface area contributed by atoms with Gasteiger partial charge >= 0.3 is 5.97 Å². The smallest absolute Gasteiger partial charge is 0.306 e. The summed E-state index contributed by atoms with van der Waals surface area (Å²) in [4.78, 5) is 11.2. The molecule has 1 aliphatic heterocycles. The first-order chi connectivity index (χ1) is 6.77. The highest BCUT2D eigenvalue weighted by molar-refractivity contribution is 14.1. The maximum atomic E-state index is 11.2. The highest BCUT2D eigenvalue weighted by Crippen LogP contribution is 2.38. The molecular formula is C11H11IO2. The molecular weight excluding hydrogens is 291 g/mol. The molecule has 1 unspecified atom stereocenters. The van der Waals surface area contributed by atoms with Gasteiger partial charge in [0.25, 0.3) is 0 Å². The highest BCUT2D eigenvalue weighted by atomic mass is 127. The third-order valence-corrected chi connectivity index (χ3v) is 3.79. The number of carbonyl (C=O) groups is 1. The molecule has 1 atom stereocenters. The van der Waals surface area contributed by atoms with E-state index >= 15 is 0 Å². The molecule has 1 aromatic rings. The molecule has 2 rings (SSSR count). The molecule has 0 saturated carbocycles. The summed E-state index contributed by atoms with van der Waals surface area (Å²) in [6, 6.07) is 9.99. The second-order valence-corrected chi connectivity index (χ2v) is 4.23. The molecule has 1 heterocycles. The minimum Gasteiger partial charge on any atom is -0.453 e. The van der Waals surface area contributed by atoms with Crippen molar-refractivity contribution >= 4 is 28.6 Å². The molecule has 74 valence electrons. The average Bonchev–Trinajstić information content (AvgIpc) is 2.63. The van der Waals surface area contributed by atoms with Crippen molar-refractivity contribution in [2.24, 2.45) is 0 Å². The van der Waals surface area contributed by atoms with Crippen LogP contribution in [0.5, 0.6) is 0 Å². The van der Waals surface area contributed by atoms with Crippen LogP contribution in [0.15, 0.2) is 30.3 Å². The number of halogens is 1. The molecule has 1 aromatic carbocycles. The number of alkyl halides is 1. The van der Waals surface area contributed by atoms with Gasteiger partial charge in [0.2, 0.25) is 0 Å². The van der Waals surface area contributed by atoms with E-state index in [0.29, 0.717) is 6.42 Å². The van der Waals surface area contributed by atoms with Gasteiger partial charge in [0.05, 0.1) is 0 Å².